The highest BCUT2D eigenvalue weighted by molar-refractivity contribution is 5.81. The quantitative estimate of drug-likeness (QED) is 0.779. The molecule has 15 heavy (non-hydrogen) atoms. The van der Waals surface area contributed by atoms with Crippen molar-refractivity contribution in [1.29, 1.82) is 0 Å². The van der Waals surface area contributed by atoms with Crippen LogP contribution in [0, 0.1) is 11.8 Å². The number of hydrogen-bond acceptors (Lipinski definition) is 1. The van der Waals surface area contributed by atoms with Crippen LogP contribution >= 0.6 is 0 Å². The first-order valence-electron chi connectivity index (χ1n) is 5.18. The standard InChI is InChI=1S/C10H16F3NO/c1-6(2)8(5-7-3-4-7)14-9(15)10(11,12)13/h6-8H,3-5H2,1-2H3,(H,14,15). The van der Waals surface area contributed by atoms with Crippen LogP contribution in [0.15, 0.2) is 0 Å². The molecule has 88 valence electrons. The molecule has 0 spiro atoms. The van der Waals surface area contributed by atoms with E-state index < -0.39 is 12.1 Å². The second kappa shape index (κ2) is 4.41. The van der Waals surface area contributed by atoms with Crippen LogP contribution in [-0.2, 0) is 4.79 Å². The lowest BCUT2D eigenvalue weighted by Crippen LogP contribution is -2.45. The molecule has 1 amide bonds. The van der Waals surface area contributed by atoms with E-state index in [-0.39, 0.29) is 12.0 Å². The first-order valence-corrected chi connectivity index (χ1v) is 5.18. The van der Waals surface area contributed by atoms with Crippen molar-refractivity contribution in [3.63, 3.8) is 0 Å². The SMILES string of the molecule is CC(C)C(CC1CC1)NC(=O)C(F)(F)F. The number of hydrogen-bond donors (Lipinski definition) is 1. The highest BCUT2D eigenvalue weighted by Crippen LogP contribution is 2.35. The smallest absolute Gasteiger partial charge is 0.345 e. The molecule has 0 aromatic rings. The van der Waals surface area contributed by atoms with Gasteiger partial charge in [-0.1, -0.05) is 26.7 Å². The Balaban J connectivity index is 2.46. The summed E-state index contributed by atoms with van der Waals surface area (Å²) in [5.41, 5.74) is 0. The predicted molar refractivity (Wildman–Crippen MR) is 50.2 cm³/mol. The maximum Gasteiger partial charge on any atom is 0.471 e. The van der Waals surface area contributed by atoms with Crippen molar-refractivity contribution < 1.29 is 18.0 Å². The van der Waals surface area contributed by atoms with E-state index in [2.05, 4.69) is 5.32 Å². The summed E-state index contributed by atoms with van der Waals surface area (Å²) >= 11 is 0. The lowest BCUT2D eigenvalue weighted by Gasteiger charge is -2.22. The van der Waals surface area contributed by atoms with Gasteiger partial charge in [0, 0.05) is 6.04 Å². The Morgan fingerprint density at radius 3 is 2.27 bits per heavy atom. The maximum atomic E-state index is 12.0. The summed E-state index contributed by atoms with van der Waals surface area (Å²) < 4.78 is 36.0. The highest BCUT2D eigenvalue weighted by Gasteiger charge is 2.40. The van der Waals surface area contributed by atoms with E-state index in [1.54, 1.807) is 0 Å². The number of rotatable bonds is 4. The molecule has 1 fully saturated rings. The zero-order chi connectivity index (χ0) is 11.6. The minimum absolute atomic E-state index is 0.0388. The molecule has 2 nitrogen and oxygen atoms in total. The molecule has 1 saturated carbocycles. The summed E-state index contributed by atoms with van der Waals surface area (Å²) in [4.78, 5) is 10.7. The first-order chi connectivity index (χ1) is 6.80. The summed E-state index contributed by atoms with van der Waals surface area (Å²) in [7, 11) is 0. The van der Waals surface area contributed by atoms with Crippen LogP contribution in [0.5, 0.6) is 0 Å². The second-order valence-corrected chi connectivity index (χ2v) is 4.50. The molecule has 0 saturated heterocycles. The van der Waals surface area contributed by atoms with Gasteiger partial charge in [-0.3, -0.25) is 4.79 Å². The summed E-state index contributed by atoms with van der Waals surface area (Å²) in [6.07, 6.45) is -1.95. The van der Waals surface area contributed by atoms with Crippen molar-refractivity contribution in [2.24, 2.45) is 11.8 Å². The van der Waals surface area contributed by atoms with Crippen molar-refractivity contribution in [2.75, 3.05) is 0 Å². The van der Waals surface area contributed by atoms with Crippen LogP contribution in [-0.4, -0.2) is 18.1 Å². The van der Waals surface area contributed by atoms with E-state index in [0.717, 1.165) is 12.8 Å². The molecule has 0 aliphatic heterocycles. The monoisotopic (exact) mass is 223 g/mol. The maximum absolute atomic E-state index is 12.0. The molecule has 1 N–H and O–H groups in total. The second-order valence-electron chi connectivity index (χ2n) is 4.50. The number of nitrogens with one attached hydrogen (secondary N) is 1. The zero-order valence-electron chi connectivity index (χ0n) is 8.90. The number of carbonyl (C=O) groups excluding carboxylic acids is 1. The number of amides is 1. The summed E-state index contributed by atoms with van der Waals surface area (Å²) in [5, 5.41) is 2.06. The normalized spacial score (nSPS) is 19.1. The molecular weight excluding hydrogens is 207 g/mol. The average Bonchev–Trinajstić information content (AvgIpc) is 2.84. The van der Waals surface area contributed by atoms with Crippen LogP contribution < -0.4 is 5.32 Å². The van der Waals surface area contributed by atoms with Gasteiger partial charge in [0.15, 0.2) is 0 Å². The Kier molecular flexibility index (Phi) is 3.62. The topological polar surface area (TPSA) is 29.1 Å². The molecule has 1 aliphatic rings. The van der Waals surface area contributed by atoms with Gasteiger partial charge >= 0.3 is 12.1 Å². The highest BCUT2D eigenvalue weighted by atomic mass is 19.4. The predicted octanol–water partition coefficient (Wildman–Crippen LogP) is 2.49. The first kappa shape index (κ1) is 12.3. The molecule has 5 heteroatoms. The summed E-state index contributed by atoms with van der Waals surface area (Å²) in [6, 6.07) is -0.355. The molecule has 1 atom stereocenters. The molecule has 1 rings (SSSR count). The number of halogens is 3. The summed E-state index contributed by atoms with van der Waals surface area (Å²) in [5.74, 6) is -1.27. The van der Waals surface area contributed by atoms with Crippen LogP contribution in [0.25, 0.3) is 0 Å². The third-order valence-electron chi connectivity index (χ3n) is 2.66. The Bertz CT molecular complexity index is 233. The third-order valence-corrected chi connectivity index (χ3v) is 2.66. The molecule has 0 radical (unpaired) electrons. The Morgan fingerprint density at radius 1 is 1.40 bits per heavy atom. The Hall–Kier alpha value is -0.740. The van der Waals surface area contributed by atoms with Gasteiger partial charge in [0.05, 0.1) is 0 Å². The lowest BCUT2D eigenvalue weighted by molar-refractivity contribution is -0.174. The van der Waals surface area contributed by atoms with E-state index in [1.165, 1.54) is 0 Å². The molecule has 0 bridgehead atoms. The van der Waals surface area contributed by atoms with E-state index in [4.69, 9.17) is 0 Å². The van der Waals surface area contributed by atoms with Gasteiger partial charge in [-0.15, -0.1) is 0 Å². The number of alkyl halides is 3. The van der Waals surface area contributed by atoms with Gasteiger partial charge in [-0.05, 0) is 18.3 Å². The van der Waals surface area contributed by atoms with E-state index >= 15 is 0 Å². The zero-order valence-corrected chi connectivity index (χ0v) is 8.90. The van der Waals surface area contributed by atoms with Gasteiger partial charge < -0.3 is 5.32 Å². The largest absolute Gasteiger partial charge is 0.471 e. The van der Waals surface area contributed by atoms with Crippen molar-refractivity contribution in [2.45, 2.75) is 45.3 Å². The van der Waals surface area contributed by atoms with Gasteiger partial charge in [0.2, 0.25) is 0 Å². The van der Waals surface area contributed by atoms with Crippen LogP contribution in [0.1, 0.15) is 33.1 Å². The van der Waals surface area contributed by atoms with Crippen LogP contribution in [0.3, 0.4) is 0 Å². The Labute approximate surface area is 87.2 Å². The van der Waals surface area contributed by atoms with Gasteiger partial charge in [-0.25, -0.2) is 0 Å². The fraction of sp³-hybridized carbons (Fsp3) is 0.900. The minimum atomic E-state index is -4.77. The van der Waals surface area contributed by atoms with Gasteiger partial charge in [-0.2, -0.15) is 13.2 Å². The fourth-order valence-electron chi connectivity index (χ4n) is 1.46. The van der Waals surface area contributed by atoms with Crippen molar-refractivity contribution >= 4 is 5.91 Å². The van der Waals surface area contributed by atoms with Crippen molar-refractivity contribution in [3.8, 4) is 0 Å². The summed E-state index contributed by atoms with van der Waals surface area (Å²) in [6.45, 7) is 3.65. The minimum Gasteiger partial charge on any atom is -0.345 e. The van der Waals surface area contributed by atoms with Crippen LogP contribution in [0.2, 0.25) is 0 Å². The van der Waals surface area contributed by atoms with E-state index in [9.17, 15) is 18.0 Å². The fourth-order valence-corrected chi connectivity index (χ4v) is 1.46. The molecule has 1 aliphatic carbocycles. The molecule has 0 aromatic heterocycles. The van der Waals surface area contributed by atoms with Gasteiger partial charge in [0.1, 0.15) is 0 Å². The van der Waals surface area contributed by atoms with Crippen molar-refractivity contribution in [3.05, 3.63) is 0 Å². The van der Waals surface area contributed by atoms with E-state index in [1.807, 2.05) is 13.8 Å². The third kappa shape index (κ3) is 4.10. The van der Waals surface area contributed by atoms with Gasteiger partial charge in [0.25, 0.3) is 0 Å². The lowest BCUT2D eigenvalue weighted by atomic mass is 9.98. The molecular formula is C10H16F3NO. The molecule has 1 unspecified atom stereocenters. The van der Waals surface area contributed by atoms with Crippen LogP contribution in [0.4, 0.5) is 13.2 Å². The molecule has 0 aromatic carbocycles. The van der Waals surface area contributed by atoms with Crippen molar-refractivity contribution in [1.82, 2.24) is 5.32 Å². The Morgan fingerprint density at radius 2 is 1.93 bits per heavy atom. The average molecular weight is 223 g/mol. The molecule has 0 heterocycles. The van der Waals surface area contributed by atoms with E-state index in [0.29, 0.717) is 12.3 Å². The number of carbonyl (C=O) groups is 1.